The van der Waals surface area contributed by atoms with E-state index in [1.165, 1.54) is 5.56 Å². The van der Waals surface area contributed by atoms with Crippen LogP contribution in [0, 0.1) is 0 Å². The van der Waals surface area contributed by atoms with Crippen molar-refractivity contribution in [2.75, 3.05) is 0 Å². The van der Waals surface area contributed by atoms with Crippen LogP contribution in [-0.4, -0.2) is 9.55 Å². The minimum atomic E-state index is 0.780. The minimum Gasteiger partial charge on any atom is -0.333 e. The number of benzene rings is 2. The highest BCUT2D eigenvalue weighted by Crippen LogP contribution is 2.28. The Morgan fingerprint density at radius 1 is 1.05 bits per heavy atom. The Hall–Kier alpha value is -2.06. The summed E-state index contributed by atoms with van der Waals surface area (Å²) in [6.07, 6.45) is 5.57. The summed E-state index contributed by atoms with van der Waals surface area (Å²) in [5.74, 6) is 0. The lowest BCUT2D eigenvalue weighted by Crippen LogP contribution is -1.96. The first-order valence-corrected chi connectivity index (χ1v) is 6.50. The van der Waals surface area contributed by atoms with Crippen LogP contribution in [0.5, 0.6) is 0 Å². The number of hydrogen-bond acceptors (Lipinski definition) is 1. The molecule has 1 heterocycles. The molecular formula is C16H13ClN2. The van der Waals surface area contributed by atoms with E-state index < -0.39 is 0 Å². The summed E-state index contributed by atoms with van der Waals surface area (Å²) in [5, 5.41) is 0.780. The maximum Gasteiger partial charge on any atom is 0.0949 e. The number of halogens is 1. The quantitative estimate of drug-likeness (QED) is 0.694. The highest BCUT2D eigenvalue weighted by atomic mass is 35.5. The summed E-state index contributed by atoms with van der Waals surface area (Å²) in [6, 6.07) is 16.3. The first-order valence-electron chi connectivity index (χ1n) is 6.12. The number of nitrogens with zero attached hydrogens (tertiary/aromatic N) is 2. The summed E-state index contributed by atoms with van der Waals surface area (Å²) in [7, 11) is 0. The van der Waals surface area contributed by atoms with E-state index in [9.17, 15) is 0 Å². The topological polar surface area (TPSA) is 17.8 Å². The van der Waals surface area contributed by atoms with E-state index in [2.05, 4.69) is 29.2 Å². The van der Waals surface area contributed by atoms with Crippen molar-refractivity contribution in [2.45, 2.75) is 6.54 Å². The number of rotatable bonds is 3. The van der Waals surface area contributed by atoms with Gasteiger partial charge in [0.15, 0.2) is 0 Å². The van der Waals surface area contributed by atoms with Gasteiger partial charge in [-0.15, -0.1) is 0 Å². The van der Waals surface area contributed by atoms with Crippen molar-refractivity contribution in [2.24, 2.45) is 0 Å². The molecule has 19 heavy (non-hydrogen) atoms. The zero-order valence-electron chi connectivity index (χ0n) is 10.3. The molecule has 2 aromatic carbocycles. The third kappa shape index (κ3) is 2.69. The fraction of sp³-hybridized carbons (Fsp3) is 0.0625. The largest absolute Gasteiger partial charge is 0.333 e. The average Bonchev–Trinajstić information content (AvgIpc) is 2.92. The van der Waals surface area contributed by atoms with Crippen molar-refractivity contribution in [1.82, 2.24) is 9.55 Å². The van der Waals surface area contributed by atoms with Crippen molar-refractivity contribution >= 4 is 11.6 Å². The fourth-order valence-electron chi connectivity index (χ4n) is 2.12. The fourth-order valence-corrected chi connectivity index (χ4v) is 2.37. The molecule has 0 spiro atoms. The summed E-state index contributed by atoms with van der Waals surface area (Å²) in [4.78, 5) is 4.05. The van der Waals surface area contributed by atoms with E-state index in [0.29, 0.717) is 0 Å². The van der Waals surface area contributed by atoms with Crippen LogP contribution < -0.4 is 0 Å². The Labute approximate surface area is 117 Å². The molecule has 3 aromatic rings. The molecule has 0 aliphatic heterocycles. The van der Waals surface area contributed by atoms with E-state index >= 15 is 0 Å². The van der Waals surface area contributed by atoms with Crippen LogP contribution in [0.2, 0.25) is 5.02 Å². The van der Waals surface area contributed by atoms with Crippen LogP contribution in [-0.2, 0) is 6.54 Å². The molecule has 0 aliphatic carbocycles. The predicted octanol–water partition coefficient (Wildman–Crippen LogP) is 4.25. The van der Waals surface area contributed by atoms with E-state index in [1.807, 2.05) is 41.4 Å². The summed E-state index contributed by atoms with van der Waals surface area (Å²) < 4.78 is 2.05. The Morgan fingerprint density at radius 3 is 2.74 bits per heavy atom. The van der Waals surface area contributed by atoms with Crippen LogP contribution in [0.25, 0.3) is 11.1 Å². The van der Waals surface area contributed by atoms with E-state index in [4.69, 9.17) is 11.6 Å². The Morgan fingerprint density at radius 2 is 1.95 bits per heavy atom. The smallest absolute Gasteiger partial charge is 0.0949 e. The van der Waals surface area contributed by atoms with Crippen LogP contribution >= 0.6 is 11.6 Å². The second-order valence-corrected chi connectivity index (χ2v) is 4.82. The van der Waals surface area contributed by atoms with Crippen molar-refractivity contribution in [3.63, 3.8) is 0 Å². The summed E-state index contributed by atoms with van der Waals surface area (Å²) in [6.45, 7) is 0.818. The van der Waals surface area contributed by atoms with E-state index in [0.717, 1.165) is 22.7 Å². The third-order valence-corrected chi connectivity index (χ3v) is 3.37. The number of imidazole rings is 1. The van der Waals surface area contributed by atoms with Crippen LogP contribution in [0.3, 0.4) is 0 Å². The molecule has 0 unspecified atom stereocenters. The lowest BCUT2D eigenvalue weighted by atomic mass is 10.0. The SMILES string of the molecule is Clc1ccccc1-c1cccc(Cn2ccnc2)c1. The molecule has 0 fully saturated rings. The van der Waals surface area contributed by atoms with Gasteiger partial charge >= 0.3 is 0 Å². The molecular weight excluding hydrogens is 256 g/mol. The van der Waals surface area contributed by atoms with Gasteiger partial charge in [-0.1, -0.05) is 48.0 Å². The van der Waals surface area contributed by atoms with Crippen LogP contribution in [0.15, 0.2) is 67.3 Å². The average molecular weight is 269 g/mol. The molecule has 0 saturated heterocycles. The minimum absolute atomic E-state index is 0.780. The van der Waals surface area contributed by atoms with Crippen molar-refractivity contribution in [3.8, 4) is 11.1 Å². The molecule has 94 valence electrons. The van der Waals surface area contributed by atoms with Crippen LogP contribution in [0.1, 0.15) is 5.56 Å². The molecule has 1 aromatic heterocycles. The Kier molecular flexibility index (Phi) is 3.34. The summed E-state index contributed by atoms with van der Waals surface area (Å²) >= 11 is 6.24. The maximum atomic E-state index is 6.24. The second kappa shape index (κ2) is 5.29. The van der Waals surface area contributed by atoms with Crippen molar-refractivity contribution < 1.29 is 0 Å². The molecule has 0 radical (unpaired) electrons. The van der Waals surface area contributed by atoms with Gasteiger partial charge in [0.05, 0.1) is 6.33 Å². The van der Waals surface area contributed by atoms with Crippen molar-refractivity contribution in [1.29, 1.82) is 0 Å². The number of aromatic nitrogens is 2. The monoisotopic (exact) mass is 268 g/mol. The summed E-state index contributed by atoms with van der Waals surface area (Å²) in [5.41, 5.74) is 3.44. The van der Waals surface area contributed by atoms with Gasteiger partial charge in [-0.2, -0.15) is 0 Å². The van der Waals surface area contributed by atoms with Gasteiger partial charge in [0, 0.05) is 29.5 Å². The predicted molar refractivity (Wildman–Crippen MR) is 78.2 cm³/mol. The Bertz CT molecular complexity index is 675. The molecule has 0 N–H and O–H groups in total. The molecule has 3 heteroatoms. The van der Waals surface area contributed by atoms with E-state index in [-0.39, 0.29) is 0 Å². The molecule has 0 atom stereocenters. The van der Waals surface area contributed by atoms with Gasteiger partial charge in [-0.05, 0) is 23.3 Å². The molecule has 2 nitrogen and oxygen atoms in total. The lowest BCUT2D eigenvalue weighted by Gasteiger charge is -2.07. The van der Waals surface area contributed by atoms with Gasteiger partial charge in [-0.25, -0.2) is 4.98 Å². The van der Waals surface area contributed by atoms with Gasteiger partial charge in [0.2, 0.25) is 0 Å². The molecule has 0 aliphatic rings. The maximum absolute atomic E-state index is 6.24. The highest BCUT2D eigenvalue weighted by Gasteiger charge is 2.03. The van der Waals surface area contributed by atoms with Gasteiger partial charge in [0.25, 0.3) is 0 Å². The molecule has 0 amide bonds. The third-order valence-electron chi connectivity index (χ3n) is 3.04. The molecule has 0 bridgehead atoms. The molecule has 0 saturated carbocycles. The standard InChI is InChI=1S/C16H13ClN2/c17-16-7-2-1-6-15(16)14-5-3-4-13(10-14)11-19-9-8-18-12-19/h1-10,12H,11H2. The highest BCUT2D eigenvalue weighted by molar-refractivity contribution is 6.33. The number of hydrogen-bond donors (Lipinski definition) is 0. The second-order valence-electron chi connectivity index (χ2n) is 4.42. The van der Waals surface area contributed by atoms with Crippen molar-refractivity contribution in [3.05, 3.63) is 77.8 Å². The Balaban J connectivity index is 1.94. The molecule has 3 rings (SSSR count). The normalized spacial score (nSPS) is 10.6. The van der Waals surface area contributed by atoms with Crippen LogP contribution in [0.4, 0.5) is 0 Å². The first kappa shape index (κ1) is 12.0. The zero-order valence-corrected chi connectivity index (χ0v) is 11.1. The van der Waals surface area contributed by atoms with E-state index in [1.54, 1.807) is 6.20 Å². The van der Waals surface area contributed by atoms with Gasteiger partial charge < -0.3 is 4.57 Å². The first-order chi connectivity index (χ1) is 9.33. The van der Waals surface area contributed by atoms with Gasteiger partial charge in [-0.3, -0.25) is 0 Å². The lowest BCUT2D eigenvalue weighted by molar-refractivity contribution is 0.797. The van der Waals surface area contributed by atoms with Gasteiger partial charge in [0.1, 0.15) is 0 Å². The zero-order chi connectivity index (χ0) is 13.1.